The fourth-order valence-corrected chi connectivity index (χ4v) is 1.67. The highest BCUT2D eigenvalue weighted by atomic mass is 16.5. The van der Waals surface area contributed by atoms with Crippen LogP contribution in [0, 0.1) is 0 Å². The second-order valence-corrected chi connectivity index (χ2v) is 3.82. The SMILES string of the molecule is [B]NCCC[C@@H](N)c1ccc(OC)c(OC)c1. The van der Waals surface area contributed by atoms with E-state index >= 15 is 0 Å². The Morgan fingerprint density at radius 1 is 1.29 bits per heavy atom. The van der Waals surface area contributed by atoms with Gasteiger partial charge in [-0.05, 0) is 37.1 Å². The minimum Gasteiger partial charge on any atom is -0.493 e. The highest BCUT2D eigenvalue weighted by Gasteiger charge is 2.10. The molecular weight excluding hydrogens is 215 g/mol. The van der Waals surface area contributed by atoms with Gasteiger partial charge < -0.3 is 20.4 Å². The van der Waals surface area contributed by atoms with Crippen molar-refractivity contribution in [1.82, 2.24) is 5.23 Å². The normalized spacial score (nSPS) is 12.2. The molecule has 5 heteroatoms. The van der Waals surface area contributed by atoms with E-state index in [4.69, 9.17) is 23.2 Å². The Morgan fingerprint density at radius 3 is 2.59 bits per heavy atom. The van der Waals surface area contributed by atoms with Crippen molar-refractivity contribution in [2.24, 2.45) is 5.73 Å². The van der Waals surface area contributed by atoms with E-state index in [1.807, 2.05) is 18.2 Å². The zero-order chi connectivity index (χ0) is 12.7. The van der Waals surface area contributed by atoms with Gasteiger partial charge >= 0.3 is 0 Å². The molecule has 0 heterocycles. The van der Waals surface area contributed by atoms with Gasteiger partial charge in [0.2, 0.25) is 0 Å². The van der Waals surface area contributed by atoms with Crippen LogP contribution in [0.4, 0.5) is 0 Å². The predicted octanol–water partition coefficient (Wildman–Crippen LogP) is 1.16. The molecule has 2 radical (unpaired) electrons. The van der Waals surface area contributed by atoms with Crippen molar-refractivity contribution in [1.29, 1.82) is 0 Å². The molecule has 0 unspecified atom stereocenters. The lowest BCUT2D eigenvalue weighted by Gasteiger charge is -2.14. The number of benzene rings is 1. The van der Waals surface area contributed by atoms with Crippen LogP contribution in [0.3, 0.4) is 0 Å². The average Bonchev–Trinajstić information content (AvgIpc) is 2.38. The fourth-order valence-electron chi connectivity index (χ4n) is 1.67. The molecule has 1 aromatic carbocycles. The monoisotopic (exact) mass is 234 g/mol. The summed E-state index contributed by atoms with van der Waals surface area (Å²) in [6.07, 6.45) is 1.81. The van der Waals surface area contributed by atoms with E-state index in [0.29, 0.717) is 11.5 Å². The quantitative estimate of drug-likeness (QED) is 0.549. The molecule has 0 bridgehead atoms. The van der Waals surface area contributed by atoms with Crippen LogP contribution < -0.4 is 20.4 Å². The lowest BCUT2D eigenvalue weighted by Crippen LogP contribution is -2.15. The van der Waals surface area contributed by atoms with Crippen LogP contribution >= 0.6 is 0 Å². The number of methoxy groups -OCH3 is 2. The van der Waals surface area contributed by atoms with Crippen molar-refractivity contribution in [3.8, 4) is 11.5 Å². The minimum absolute atomic E-state index is 0.0110. The maximum atomic E-state index is 6.09. The van der Waals surface area contributed by atoms with Gasteiger partial charge in [-0.15, -0.1) is 0 Å². The molecule has 0 aliphatic heterocycles. The van der Waals surface area contributed by atoms with Crippen LogP contribution in [-0.4, -0.2) is 28.7 Å². The van der Waals surface area contributed by atoms with E-state index < -0.39 is 0 Å². The van der Waals surface area contributed by atoms with Crippen LogP contribution in [0.5, 0.6) is 11.5 Å². The molecule has 1 rings (SSSR count). The molecule has 0 aliphatic carbocycles. The predicted molar refractivity (Wildman–Crippen MR) is 69.5 cm³/mol. The number of ether oxygens (including phenoxy) is 2. The first kappa shape index (κ1) is 13.9. The van der Waals surface area contributed by atoms with Crippen molar-refractivity contribution < 1.29 is 9.47 Å². The van der Waals surface area contributed by atoms with E-state index in [2.05, 4.69) is 5.23 Å². The maximum absolute atomic E-state index is 6.09. The third-order valence-corrected chi connectivity index (χ3v) is 2.67. The van der Waals surface area contributed by atoms with Gasteiger partial charge in [-0.1, -0.05) is 6.07 Å². The molecule has 0 spiro atoms. The second kappa shape index (κ2) is 7.19. The van der Waals surface area contributed by atoms with Crippen LogP contribution in [-0.2, 0) is 0 Å². The van der Waals surface area contributed by atoms with Gasteiger partial charge in [0.05, 0.1) is 14.2 Å². The Morgan fingerprint density at radius 2 is 2.00 bits per heavy atom. The van der Waals surface area contributed by atoms with E-state index in [0.717, 1.165) is 24.9 Å². The summed E-state index contributed by atoms with van der Waals surface area (Å²) < 4.78 is 10.4. The fraction of sp³-hybridized carbons (Fsp3) is 0.500. The maximum Gasteiger partial charge on any atom is 0.177 e. The Bertz CT molecular complexity index is 347. The smallest absolute Gasteiger partial charge is 0.177 e. The Kier molecular flexibility index (Phi) is 5.87. The molecule has 0 saturated carbocycles. The highest BCUT2D eigenvalue weighted by Crippen LogP contribution is 2.30. The van der Waals surface area contributed by atoms with Gasteiger partial charge in [-0.2, -0.15) is 0 Å². The molecule has 17 heavy (non-hydrogen) atoms. The molecule has 0 aromatic heterocycles. The molecular formula is C12H19BN2O2. The summed E-state index contributed by atoms with van der Waals surface area (Å²) in [5.41, 5.74) is 7.13. The lowest BCUT2D eigenvalue weighted by atomic mass is 10.0. The van der Waals surface area contributed by atoms with E-state index in [9.17, 15) is 0 Å². The lowest BCUT2D eigenvalue weighted by molar-refractivity contribution is 0.354. The van der Waals surface area contributed by atoms with Crippen molar-refractivity contribution in [2.75, 3.05) is 20.8 Å². The van der Waals surface area contributed by atoms with Gasteiger partial charge in [-0.25, -0.2) is 0 Å². The number of hydrogen-bond donors (Lipinski definition) is 2. The largest absolute Gasteiger partial charge is 0.493 e. The third-order valence-electron chi connectivity index (χ3n) is 2.67. The van der Waals surface area contributed by atoms with Crippen LogP contribution in [0.15, 0.2) is 18.2 Å². The van der Waals surface area contributed by atoms with Crippen molar-refractivity contribution in [3.05, 3.63) is 23.8 Å². The standard InChI is InChI=1S/C12H19BN2O2/c1-16-11-6-5-9(8-12(11)17-2)10(14)4-3-7-15-13/h5-6,8,10,15H,3-4,7,14H2,1-2H3/t10-/m1/s1. The van der Waals surface area contributed by atoms with Gasteiger partial charge in [0, 0.05) is 6.04 Å². The summed E-state index contributed by atoms with van der Waals surface area (Å²) in [6.45, 7) is 0.765. The molecule has 0 amide bonds. The Hall–Kier alpha value is -1.20. The van der Waals surface area contributed by atoms with E-state index in [1.54, 1.807) is 14.2 Å². The topological polar surface area (TPSA) is 56.5 Å². The first-order chi connectivity index (χ1) is 8.22. The number of nitrogens with one attached hydrogen (secondary N) is 1. The number of hydrogen-bond acceptors (Lipinski definition) is 4. The summed E-state index contributed by atoms with van der Waals surface area (Å²) in [7, 11) is 8.44. The summed E-state index contributed by atoms with van der Waals surface area (Å²) in [6, 6.07) is 5.74. The zero-order valence-corrected chi connectivity index (χ0v) is 10.4. The summed E-state index contributed by atoms with van der Waals surface area (Å²) in [5, 5.41) is 2.62. The van der Waals surface area contributed by atoms with Gasteiger partial charge in [0.25, 0.3) is 0 Å². The van der Waals surface area contributed by atoms with E-state index in [1.165, 1.54) is 0 Å². The van der Waals surface area contributed by atoms with Crippen molar-refractivity contribution >= 4 is 7.98 Å². The van der Waals surface area contributed by atoms with Crippen LogP contribution in [0.2, 0.25) is 0 Å². The zero-order valence-electron chi connectivity index (χ0n) is 10.4. The van der Waals surface area contributed by atoms with E-state index in [-0.39, 0.29) is 6.04 Å². The molecule has 3 N–H and O–H groups in total. The Balaban J connectivity index is 2.70. The minimum atomic E-state index is -0.0110. The first-order valence-electron chi connectivity index (χ1n) is 5.64. The molecule has 4 nitrogen and oxygen atoms in total. The highest BCUT2D eigenvalue weighted by molar-refractivity contribution is 6.04. The average molecular weight is 234 g/mol. The van der Waals surface area contributed by atoms with Gasteiger partial charge in [0.15, 0.2) is 19.5 Å². The molecule has 1 atom stereocenters. The first-order valence-corrected chi connectivity index (χ1v) is 5.64. The number of rotatable bonds is 7. The van der Waals surface area contributed by atoms with Crippen LogP contribution in [0.1, 0.15) is 24.4 Å². The Labute approximate surface area is 104 Å². The van der Waals surface area contributed by atoms with Crippen molar-refractivity contribution in [3.63, 3.8) is 0 Å². The second-order valence-electron chi connectivity index (χ2n) is 3.82. The summed E-state index contributed by atoms with van der Waals surface area (Å²) in [5.74, 6) is 1.42. The molecule has 1 aromatic rings. The molecule has 0 aliphatic rings. The number of nitrogens with two attached hydrogens (primary N) is 1. The molecule has 92 valence electrons. The summed E-state index contributed by atoms with van der Waals surface area (Å²) >= 11 is 0. The third kappa shape index (κ3) is 3.95. The van der Waals surface area contributed by atoms with Crippen LogP contribution in [0.25, 0.3) is 0 Å². The summed E-state index contributed by atoms with van der Waals surface area (Å²) in [4.78, 5) is 0. The van der Waals surface area contributed by atoms with Crippen molar-refractivity contribution in [2.45, 2.75) is 18.9 Å². The molecule has 0 saturated heterocycles. The van der Waals surface area contributed by atoms with Gasteiger partial charge in [-0.3, -0.25) is 0 Å². The van der Waals surface area contributed by atoms with Gasteiger partial charge in [0.1, 0.15) is 0 Å². The molecule has 0 fully saturated rings.